The molecule has 13 heavy (non-hydrogen) atoms. The fourth-order valence-corrected chi connectivity index (χ4v) is 1.58. The van der Waals surface area contributed by atoms with Crippen LogP contribution in [0.3, 0.4) is 0 Å². The van der Waals surface area contributed by atoms with E-state index in [0.717, 1.165) is 24.1 Å². The van der Waals surface area contributed by atoms with Crippen molar-refractivity contribution in [1.29, 1.82) is 0 Å². The smallest absolute Gasteiger partial charge is 0.123 e. The summed E-state index contributed by atoms with van der Waals surface area (Å²) in [6, 6.07) is 0.252. The Bertz CT molecular complexity index is 239. The summed E-state index contributed by atoms with van der Waals surface area (Å²) in [6.07, 6.45) is 4.34. The van der Waals surface area contributed by atoms with E-state index in [4.69, 9.17) is 11.5 Å². The third-order valence-electron chi connectivity index (χ3n) is 2.22. The van der Waals surface area contributed by atoms with Crippen LogP contribution in [0.5, 0.6) is 0 Å². The summed E-state index contributed by atoms with van der Waals surface area (Å²) in [6.45, 7) is 4.04. The minimum atomic E-state index is 0.252. The second-order valence-corrected chi connectivity index (χ2v) is 3.82. The largest absolute Gasteiger partial charge is 0.402 e. The number of nitrogens with two attached hydrogens (primary N) is 2. The van der Waals surface area contributed by atoms with Crippen molar-refractivity contribution in [2.45, 2.75) is 45.6 Å². The molecule has 0 aromatic rings. The first-order valence-corrected chi connectivity index (χ1v) is 4.92. The van der Waals surface area contributed by atoms with Crippen molar-refractivity contribution in [1.82, 2.24) is 0 Å². The van der Waals surface area contributed by atoms with E-state index in [0.29, 0.717) is 5.84 Å². The molecule has 0 aromatic carbocycles. The summed E-state index contributed by atoms with van der Waals surface area (Å²) in [5, 5.41) is 0. The highest BCUT2D eigenvalue weighted by Gasteiger charge is 2.13. The van der Waals surface area contributed by atoms with Crippen molar-refractivity contribution >= 4 is 5.84 Å². The number of aliphatic imine (C=N–C) groups is 1. The highest BCUT2D eigenvalue weighted by molar-refractivity contribution is 5.97. The van der Waals surface area contributed by atoms with E-state index in [1.54, 1.807) is 0 Å². The lowest BCUT2D eigenvalue weighted by Gasteiger charge is -2.17. The van der Waals surface area contributed by atoms with Crippen LogP contribution < -0.4 is 11.5 Å². The Balaban J connectivity index is 2.80. The number of allylic oxidation sites excluding steroid dienone is 1. The molecule has 0 saturated heterocycles. The molecule has 4 N–H and O–H groups in total. The van der Waals surface area contributed by atoms with Crippen LogP contribution in [0, 0.1) is 0 Å². The van der Waals surface area contributed by atoms with Gasteiger partial charge in [0.25, 0.3) is 0 Å². The molecular weight excluding hydrogens is 162 g/mol. The van der Waals surface area contributed by atoms with Crippen LogP contribution in [0.4, 0.5) is 0 Å². The molecule has 0 spiro atoms. The quantitative estimate of drug-likeness (QED) is 0.501. The zero-order valence-corrected chi connectivity index (χ0v) is 8.51. The fourth-order valence-electron chi connectivity index (χ4n) is 1.58. The minimum Gasteiger partial charge on any atom is -0.402 e. The second-order valence-electron chi connectivity index (χ2n) is 3.82. The number of rotatable bonds is 2. The number of hydrogen-bond acceptors (Lipinski definition) is 2. The fraction of sp³-hybridized carbons (Fsp3) is 0.700. The lowest BCUT2D eigenvalue weighted by molar-refractivity contribution is 0.680. The summed E-state index contributed by atoms with van der Waals surface area (Å²) >= 11 is 0. The van der Waals surface area contributed by atoms with Gasteiger partial charge in [-0.25, -0.2) is 0 Å². The lowest BCUT2D eigenvalue weighted by atomic mass is 9.96. The average Bonchev–Trinajstić information content (AvgIpc) is 2.03. The molecule has 0 atom stereocenters. The molecular formula is C10H19N3. The van der Waals surface area contributed by atoms with Gasteiger partial charge in [0.2, 0.25) is 0 Å². The monoisotopic (exact) mass is 181 g/mol. The van der Waals surface area contributed by atoms with Crippen LogP contribution in [0.1, 0.15) is 39.5 Å². The van der Waals surface area contributed by atoms with Crippen LogP contribution in [0.15, 0.2) is 16.3 Å². The van der Waals surface area contributed by atoms with E-state index in [2.05, 4.69) is 4.99 Å². The Morgan fingerprint density at radius 2 is 1.92 bits per heavy atom. The van der Waals surface area contributed by atoms with Gasteiger partial charge in [0.05, 0.1) is 0 Å². The number of hydrogen-bond donors (Lipinski definition) is 2. The maximum absolute atomic E-state index is 5.87. The van der Waals surface area contributed by atoms with E-state index in [1.807, 2.05) is 13.8 Å². The van der Waals surface area contributed by atoms with Gasteiger partial charge in [-0.1, -0.05) is 0 Å². The molecule has 0 radical (unpaired) electrons. The predicted molar refractivity (Wildman–Crippen MR) is 56.4 cm³/mol. The molecule has 1 rings (SSSR count). The average molecular weight is 181 g/mol. The highest BCUT2D eigenvalue weighted by atomic mass is 14.9. The molecule has 0 unspecified atom stereocenters. The standard InChI is InChI=1S/C10H19N3/c1-7(2)13-10(12)8-5-3-4-6-9(8)11/h7H,3-6,11H2,1-2H3,(H2,12,13). The van der Waals surface area contributed by atoms with Gasteiger partial charge in [-0.15, -0.1) is 0 Å². The van der Waals surface area contributed by atoms with Crippen LogP contribution in [0.25, 0.3) is 0 Å². The lowest BCUT2D eigenvalue weighted by Crippen LogP contribution is -2.23. The van der Waals surface area contributed by atoms with Gasteiger partial charge in [0.15, 0.2) is 0 Å². The Kier molecular flexibility index (Phi) is 3.34. The number of amidine groups is 1. The summed E-state index contributed by atoms with van der Waals surface area (Å²) in [5.74, 6) is 0.646. The predicted octanol–water partition coefficient (Wildman–Crippen LogP) is 1.54. The third-order valence-corrected chi connectivity index (χ3v) is 2.22. The highest BCUT2D eigenvalue weighted by Crippen LogP contribution is 2.21. The molecule has 0 bridgehead atoms. The van der Waals surface area contributed by atoms with E-state index in [9.17, 15) is 0 Å². The van der Waals surface area contributed by atoms with Crippen molar-refractivity contribution in [3.05, 3.63) is 11.3 Å². The van der Waals surface area contributed by atoms with Gasteiger partial charge in [0, 0.05) is 17.3 Å². The van der Waals surface area contributed by atoms with E-state index in [-0.39, 0.29) is 6.04 Å². The van der Waals surface area contributed by atoms with Crippen LogP contribution in [-0.2, 0) is 0 Å². The summed E-state index contributed by atoms with van der Waals surface area (Å²) in [7, 11) is 0. The maximum Gasteiger partial charge on any atom is 0.123 e. The molecule has 3 heteroatoms. The topological polar surface area (TPSA) is 64.4 Å². The second kappa shape index (κ2) is 4.30. The number of nitrogens with zero attached hydrogens (tertiary/aromatic N) is 1. The molecule has 0 aliphatic heterocycles. The zero-order valence-electron chi connectivity index (χ0n) is 8.51. The Hall–Kier alpha value is -0.990. The molecule has 0 fully saturated rings. The van der Waals surface area contributed by atoms with Gasteiger partial charge in [-0.2, -0.15) is 0 Å². The van der Waals surface area contributed by atoms with Crippen molar-refractivity contribution in [2.75, 3.05) is 0 Å². The summed E-state index contributed by atoms with van der Waals surface area (Å²) < 4.78 is 0. The van der Waals surface area contributed by atoms with Crippen molar-refractivity contribution in [2.24, 2.45) is 16.5 Å². The van der Waals surface area contributed by atoms with Crippen molar-refractivity contribution in [3.8, 4) is 0 Å². The Morgan fingerprint density at radius 1 is 1.31 bits per heavy atom. The molecule has 0 saturated carbocycles. The van der Waals surface area contributed by atoms with Gasteiger partial charge in [-0.05, 0) is 39.5 Å². The zero-order chi connectivity index (χ0) is 9.84. The Labute approximate surface area is 79.9 Å². The first kappa shape index (κ1) is 10.1. The van der Waals surface area contributed by atoms with Crippen molar-refractivity contribution < 1.29 is 0 Å². The molecule has 0 amide bonds. The van der Waals surface area contributed by atoms with Crippen LogP contribution in [0.2, 0.25) is 0 Å². The SMILES string of the molecule is CC(C)N=C(N)C1=C(N)CCCC1. The third kappa shape index (κ3) is 2.76. The molecule has 0 heterocycles. The van der Waals surface area contributed by atoms with Crippen LogP contribution in [-0.4, -0.2) is 11.9 Å². The van der Waals surface area contributed by atoms with E-state index in [1.165, 1.54) is 12.8 Å². The molecule has 1 aliphatic carbocycles. The van der Waals surface area contributed by atoms with Gasteiger partial charge < -0.3 is 11.5 Å². The summed E-state index contributed by atoms with van der Waals surface area (Å²) in [5.41, 5.74) is 13.7. The van der Waals surface area contributed by atoms with E-state index >= 15 is 0 Å². The van der Waals surface area contributed by atoms with Gasteiger partial charge in [0.1, 0.15) is 5.84 Å². The normalized spacial score (nSPS) is 19.8. The molecule has 74 valence electrons. The molecule has 3 nitrogen and oxygen atoms in total. The van der Waals surface area contributed by atoms with Crippen LogP contribution >= 0.6 is 0 Å². The molecule has 1 aliphatic rings. The first-order valence-electron chi connectivity index (χ1n) is 4.92. The van der Waals surface area contributed by atoms with Gasteiger partial charge in [-0.3, -0.25) is 4.99 Å². The summed E-state index contributed by atoms with van der Waals surface area (Å²) in [4.78, 5) is 4.31. The van der Waals surface area contributed by atoms with Gasteiger partial charge >= 0.3 is 0 Å². The molecule has 0 aromatic heterocycles. The minimum absolute atomic E-state index is 0.252. The van der Waals surface area contributed by atoms with E-state index < -0.39 is 0 Å². The maximum atomic E-state index is 5.87. The van der Waals surface area contributed by atoms with Crippen molar-refractivity contribution in [3.63, 3.8) is 0 Å². The first-order chi connectivity index (χ1) is 6.11. The Morgan fingerprint density at radius 3 is 2.46 bits per heavy atom.